The predicted octanol–water partition coefficient (Wildman–Crippen LogP) is 5.06. The Kier molecular flexibility index (Phi) is 4.56. The van der Waals surface area contributed by atoms with E-state index in [1.807, 2.05) is 24.3 Å². The summed E-state index contributed by atoms with van der Waals surface area (Å²) in [5.74, 6) is 0.131. The molecule has 0 spiro atoms. The number of fused-ring (bicyclic) bond motifs is 1. The lowest BCUT2D eigenvalue weighted by molar-refractivity contribution is 0.398. The lowest BCUT2D eigenvalue weighted by atomic mass is 10.0. The standard InChI is InChI=1S/C22H15FN4O/c1-28-21-9-7-15(12-26-21)14-6-8-19-17(10-14)22(16(11-24)13-25-19)27-20-5-3-2-4-18(20)23/h2-10,12-13H,1H3,(H,25,27). The number of benzene rings is 2. The van der Waals surface area contributed by atoms with E-state index in [4.69, 9.17) is 4.74 Å². The van der Waals surface area contributed by atoms with E-state index in [0.717, 1.165) is 16.5 Å². The molecule has 4 aromatic rings. The van der Waals surface area contributed by atoms with Crippen molar-refractivity contribution in [3.05, 3.63) is 78.4 Å². The lowest BCUT2D eigenvalue weighted by Crippen LogP contribution is -1.99. The summed E-state index contributed by atoms with van der Waals surface area (Å²) < 4.78 is 19.2. The number of aromatic nitrogens is 2. The summed E-state index contributed by atoms with van der Waals surface area (Å²) in [6.45, 7) is 0. The third-order valence-electron chi connectivity index (χ3n) is 4.40. The number of halogens is 1. The molecule has 0 bridgehead atoms. The van der Waals surface area contributed by atoms with Gasteiger partial charge in [-0.3, -0.25) is 4.98 Å². The number of ether oxygens (including phenoxy) is 1. The first-order chi connectivity index (χ1) is 13.7. The zero-order valence-electron chi connectivity index (χ0n) is 15.0. The average Bonchev–Trinajstić information content (AvgIpc) is 2.75. The maximum absolute atomic E-state index is 14.1. The van der Waals surface area contributed by atoms with Crippen LogP contribution in [0.1, 0.15) is 5.56 Å². The summed E-state index contributed by atoms with van der Waals surface area (Å²) in [7, 11) is 1.56. The lowest BCUT2D eigenvalue weighted by Gasteiger charge is -2.13. The van der Waals surface area contributed by atoms with Gasteiger partial charge in [-0.15, -0.1) is 0 Å². The molecule has 0 radical (unpaired) electrons. The quantitative estimate of drug-likeness (QED) is 0.544. The molecular weight excluding hydrogens is 355 g/mol. The Balaban J connectivity index is 1.86. The van der Waals surface area contributed by atoms with Crippen molar-refractivity contribution in [2.75, 3.05) is 12.4 Å². The average molecular weight is 370 g/mol. The number of para-hydroxylation sites is 1. The Labute approximate surface area is 161 Å². The highest BCUT2D eigenvalue weighted by Crippen LogP contribution is 2.33. The van der Waals surface area contributed by atoms with E-state index in [1.165, 1.54) is 12.3 Å². The minimum atomic E-state index is -0.396. The van der Waals surface area contributed by atoms with E-state index in [2.05, 4.69) is 21.4 Å². The van der Waals surface area contributed by atoms with Gasteiger partial charge in [0.2, 0.25) is 5.88 Å². The molecule has 2 heterocycles. The zero-order valence-corrected chi connectivity index (χ0v) is 15.0. The molecule has 2 aromatic carbocycles. The van der Waals surface area contributed by atoms with E-state index < -0.39 is 5.82 Å². The van der Waals surface area contributed by atoms with Gasteiger partial charge in [0, 0.05) is 29.4 Å². The summed E-state index contributed by atoms with van der Waals surface area (Å²) in [5, 5.41) is 13.3. The number of anilines is 2. The van der Waals surface area contributed by atoms with Gasteiger partial charge in [-0.2, -0.15) is 5.26 Å². The molecule has 28 heavy (non-hydrogen) atoms. The van der Waals surface area contributed by atoms with Crippen LogP contribution in [-0.2, 0) is 0 Å². The minimum absolute atomic E-state index is 0.294. The van der Waals surface area contributed by atoms with Crippen molar-refractivity contribution in [1.29, 1.82) is 5.26 Å². The maximum Gasteiger partial charge on any atom is 0.212 e. The Morgan fingerprint density at radius 2 is 1.82 bits per heavy atom. The number of nitrogens with one attached hydrogen (secondary N) is 1. The number of methoxy groups -OCH3 is 1. The molecule has 4 rings (SSSR count). The molecule has 0 aliphatic heterocycles. The van der Waals surface area contributed by atoms with Crippen LogP contribution in [0.15, 0.2) is 67.0 Å². The van der Waals surface area contributed by atoms with Gasteiger partial charge in [0.25, 0.3) is 0 Å². The second kappa shape index (κ2) is 7.33. The predicted molar refractivity (Wildman–Crippen MR) is 106 cm³/mol. The summed E-state index contributed by atoms with van der Waals surface area (Å²) in [5.41, 5.74) is 3.63. The van der Waals surface area contributed by atoms with Gasteiger partial charge < -0.3 is 10.1 Å². The molecular formula is C22H15FN4O. The van der Waals surface area contributed by atoms with Crippen molar-refractivity contribution in [3.8, 4) is 23.1 Å². The van der Waals surface area contributed by atoms with Gasteiger partial charge in [0.15, 0.2) is 0 Å². The number of nitrogens with zero attached hydrogens (tertiary/aromatic N) is 3. The SMILES string of the molecule is COc1ccc(-c2ccc3ncc(C#N)c(Nc4ccccc4F)c3c2)cn1. The van der Waals surface area contributed by atoms with Gasteiger partial charge in [-0.05, 0) is 35.9 Å². The molecule has 0 unspecified atom stereocenters. The number of nitriles is 1. The van der Waals surface area contributed by atoms with Crippen molar-refractivity contribution in [1.82, 2.24) is 9.97 Å². The topological polar surface area (TPSA) is 70.8 Å². The number of hydrogen-bond donors (Lipinski definition) is 1. The molecule has 0 saturated heterocycles. The number of hydrogen-bond acceptors (Lipinski definition) is 5. The van der Waals surface area contributed by atoms with Crippen molar-refractivity contribution < 1.29 is 9.13 Å². The van der Waals surface area contributed by atoms with Crippen molar-refractivity contribution in [2.45, 2.75) is 0 Å². The zero-order chi connectivity index (χ0) is 19.5. The normalized spacial score (nSPS) is 10.5. The van der Waals surface area contributed by atoms with Crippen molar-refractivity contribution in [2.24, 2.45) is 0 Å². The van der Waals surface area contributed by atoms with Crippen molar-refractivity contribution >= 4 is 22.3 Å². The van der Waals surface area contributed by atoms with Crippen LogP contribution in [0.4, 0.5) is 15.8 Å². The van der Waals surface area contributed by atoms with Gasteiger partial charge in [0.1, 0.15) is 11.9 Å². The Hall–Kier alpha value is -3.98. The Morgan fingerprint density at radius 3 is 2.54 bits per heavy atom. The molecule has 0 amide bonds. The first-order valence-electron chi connectivity index (χ1n) is 8.54. The molecule has 0 aliphatic rings. The molecule has 2 aromatic heterocycles. The minimum Gasteiger partial charge on any atom is -0.481 e. The van der Waals surface area contributed by atoms with E-state index in [1.54, 1.807) is 37.6 Å². The highest BCUT2D eigenvalue weighted by molar-refractivity contribution is 5.98. The second-order valence-electron chi connectivity index (χ2n) is 6.08. The fourth-order valence-electron chi connectivity index (χ4n) is 2.96. The molecule has 0 saturated carbocycles. The summed E-state index contributed by atoms with van der Waals surface area (Å²) in [6.07, 6.45) is 3.20. The largest absolute Gasteiger partial charge is 0.481 e. The van der Waals surface area contributed by atoms with Crippen LogP contribution in [0, 0.1) is 17.1 Å². The molecule has 0 atom stereocenters. The molecule has 1 N–H and O–H groups in total. The van der Waals surface area contributed by atoms with Crippen LogP contribution in [0.25, 0.3) is 22.0 Å². The molecule has 6 heteroatoms. The van der Waals surface area contributed by atoms with Gasteiger partial charge in [-0.25, -0.2) is 9.37 Å². The summed E-state index contributed by atoms with van der Waals surface area (Å²) in [6, 6.07) is 17.9. The molecule has 0 fully saturated rings. The smallest absolute Gasteiger partial charge is 0.212 e. The molecule has 0 aliphatic carbocycles. The maximum atomic E-state index is 14.1. The van der Waals surface area contributed by atoms with Crippen LogP contribution in [0.3, 0.4) is 0 Å². The fraction of sp³-hybridized carbons (Fsp3) is 0.0455. The third kappa shape index (κ3) is 3.21. The van der Waals surface area contributed by atoms with Crippen LogP contribution in [-0.4, -0.2) is 17.1 Å². The Morgan fingerprint density at radius 1 is 1.00 bits per heavy atom. The van der Waals surface area contributed by atoms with Gasteiger partial charge in [-0.1, -0.05) is 18.2 Å². The van der Waals surface area contributed by atoms with E-state index in [0.29, 0.717) is 28.3 Å². The van der Waals surface area contributed by atoms with Crippen LogP contribution in [0.5, 0.6) is 5.88 Å². The summed E-state index contributed by atoms with van der Waals surface area (Å²) in [4.78, 5) is 8.58. The van der Waals surface area contributed by atoms with Crippen LogP contribution >= 0.6 is 0 Å². The summed E-state index contributed by atoms with van der Waals surface area (Å²) >= 11 is 0. The highest BCUT2D eigenvalue weighted by atomic mass is 19.1. The molecule has 136 valence electrons. The number of pyridine rings is 2. The highest BCUT2D eigenvalue weighted by Gasteiger charge is 2.12. The van der Waals surface area contributed by atoms with Gasteiger partial charge >= 0.3 is 0 Å². The first-order valence-corrected chi connectivity index (χ1v) is 8.54. The van der Waals surface area contributed by atoms with E-state index in [-0.39, 0.29) is 0 Å². The van der Waals surface area contributed by atoms with Gasteiger partial charge in [0.05, 0.1) is 29.6 Å². The first kappa shape index (κ1) is 17.4. The number of rotatable bonds is 4. The third-order valence-corrected chi connectivity index (χ3v) is 4.40. The van der Waals surface area contributed by atoms with Crippen molar-refractivity contribution in [3.63, 3.8) is 0 Å². The van der Waals surface area contributed by atoms with E-state index >= 15 is 0 Å². The Bertz CT molecular complexity index is 1200. The fourth-order valence-corrected chi connectivity index (χ4v) is 2.96. The molecule has 5 nitrogen and oxygen atoms in total. The van der Waals surface area contributed by atoms with Crippen LogP contribution < -0.4 is 10.1 Å². The monoisotopic (exact) mass is 370 g/mol. The van der Waals surface area contributed by atoms with Crippen LogP contribution in [0.2, 0.25) is 0 Å². The van der Waals surface area contributed by atoms with E-state index in [9.17, 15) is 9.65 Å². The second-order valence-corrected chi connectivity index (χ2v) is 6.08.